The summed E-state index contributed by atoms with van der Waals surface area (Å²) in [7, 11) is 0. The van der Waals surface area contributed by atoms with E-state index in [1.807, 2.05) is 32.9 Å². The van der Waals surface area contributed by atoms with Gasteiger partial charge in [0.15, 0.2) is 5.82 Å². The average Bonchev–Trinajstić information content (AvgIpc) is 2.80. The molecule has 1 atom stereocenters. The number of carbonyl (C=O) groups is 1. The molecule has 6 nitrogen and oxygen atoms in total. The Labute approximate surface area is 128 Å². The highest BCUT2D eigenvalue weighted by Gasteiger charge is 2.21. The topological polar surface area (TPSA) is 92.9 Å². The van der Waals surface area contributed by atoms with Crippen LogP contribution in [-0.2, 0) is 0 Å². The lowest BCUT2D eigenvalue weighted by Gasteiger charge is -2.15. The predicted molar refractivity (Wildman–Crippen MR) is 85.4 cm³/mol. The van der Waals surface area contributed by atoms with Crippen LogP contribution in [0.4, 0.5) is 10.8 Å². The highest BCUT2D eigenvalue weighted by Crippen LogP contribution is 2.30. The monoisotopic (exact) mass is 305 g/mol. The fourth-order valence-electron chi connectivity index (χ4n) is 1.87. The Morgan fingerprint density at radius 1 is 1.38 bits per heavy atom. The van der Waals surface area contributed by atoms with E-state index < -0.39 is 0 Å². The van der Waals surface area contributed by atoms with Crippen molar-refractivity contribution in [2.75, 3.05) is 11.1 Å². The van der Waals surface area contributed by atoms with Gasteiger partial charge >= 0.3 is 0 Å². The number of amides is 1. The zero-order valence-corrected chi connectivity index (χ0v) is 13.1. The quantitative estimate of drug-likeness (QED) is 0.789. The lowest BCUT2D eigenvalue weighted by Crippen LogP contribution is -2.31. The molecule has 4 N–H and O–H groups in total. The molecule has 1 unspecified atom stereocenters. The number of hydrogen-bond acceptors (Lipinski definition) is 6. The molecule has 2 rings (SSSR count). The van der Waals surface area contributed by atoms with Crippen molar-refractivity contribution >= 4 is 28.3 Å². The minimum Gasteiger partial charge on any atom is -0.382 e. The van der Waals surface area contributed by atoms with Gasteiger partial charge in [-0.05, 0) is 43.9 Å². The number of aromatic nitrogens is 2. The van der Waals surface area contributed by atoms with E-state index in [0.717, 1.165) is 5.56 Å². The molecule has 0 aliphatic rings. The van der Waals surface area contributed by atoms with Gasteiger partial charge in [0.25, 0.3) is 5.91 Å². The maximum absolute atomic E-state index is 12.2. The Morgan fingerprint density at radius 2 is 2.14 bits per heavy atom. The molecule has 0 aliphatic carbocycles. The van der Waals surface area contributed by atoms with E-state index in [0.29, 0.717) is 10.6 Å². The minimum absolute atomic E-state index is 0.00384. The van der Waals surface area contributed by atoms with Gasteiger partial charge in [-0.2, -0.15) is 4.37 Å². The van der Waals surface area contributed by atoms with Crippen molar-refractivity contribution in [1.82, 2.24) is 14.7 Å². The molecule has 0 bridgehead atoms. The summed E-state index contributed by atoms with van der Waals surface area (Å²) in [4.78, 5) is 16.3. The molecule has 0 aliphatic heterocycles. The number of anilines is 2. The van der Waals surface area contributed by atoms with Gasteiger partial charge in [-0.25, -0.2) is 0 Å². The third-order valence-corrected chi connectivity index (χ3v) is 3.69. The molecule has 7 heteroatoms. The van der Waals surface area contributed by atoms with Crippen LogP contribution < -0.4 is 16.4 Å². The van der Waals surface area contributed by atoms with Crippen molar-refractivity contribution in [3.8, 4) is 0 Å². The van der Waals surface area contributed by atoms with Gasteiger partial charge in [0.2, 0.25) is 0 Å². The largest absolute Gasteiger partial charge is 0.382 e. The third kappa shape index (κ3) is 3.69. The molecule has 2 aromatic heterocycles. The van der Waals surface area contributed by atoms with E-state index in [1.165, 1.54) is 11.5 Å². The second kappa shape index (κ2) is 6.53. The van der Waals surface area contributed by atoms with Crippen molar-refractivity contribution in [2.45, 2.75) is 32.9 Å². The maximum Gasteiger partial charge on any atom is 0.258 e. The predicted octanol–water partition coefficient (Wildman–Crippen LogP) is 2.43. The van der Waals surface area contributed by atoms with E-state index >= 15 is 0 Å². The summed E-state index contributed by atoms with van der Waals surface area (Å²) in [5, 5.41) is 6.78. The number of hydrogen-bond donors (Lipinski definition) is 3. The fourth-order valence-corrected chi connectivity index (χ4v) is 2.67. The standard InChI is InChI=1S/C14H19N5OS/c1-8(2)17-13(20)11-12(15)19-21-14(11)18-9(3)10-5-4-6-16-7-10/h4-9,18H,1-3H3,(H2,15,19)(H,17,20). The second-order valence-corrected chi connectivity index (χ2v) is 5.83. The van der Waals surface area contributed by atoms with E-state index in [2.05, 4.69) is 20.0 Å². The molecule has 21 heavy (non-hydrogen) atoms. The molecular weight excluding hydrogens is 286 g/mol. The van der Waals surface area contributed by atoms with E-state index in [4.69, 9.17) is 5.73 Å². The maximum atomic E-state index is 12.2. The average molecular weight is 305 g/mol. The molecule has 112 valence electrons. The molecule has 2 heterocycles. The number of nitrogen functional groups attached to an aromatic ring is 1. The first-order valence-electron chi connectivity index (χ1n) is 6.71. The van der Waals surface area contributed by atoms with Crippen molar-refractivity contribution in [2.24, 2.45) is 0 Å². The number of rotatable bonds is 5. The lowest BCUT2D eigenvalue weighted by atomic mass is 10.1. The van der Waals surface area contributed by atoms with Crippen LogP contribution in [0.5, 0.6) is 0 Å². The Balaban J connectivity index is 2.19. The SMILES string of the molecule is CC(C)NC(=O)c1c(N)nsc1NC(C)c1cccnc1. The highest BCUT2D eigenvalue weighted by molar-refractivity contribution is 7.11. The summed E-state index contributed by atoms with van der Waals surface area (Å²) in [6, 6.07) is 3.90. The first kappa shape index (κ1) is 15.2. The molecule has 0 radical (unpaired) electrons. The second-order valence-electron chi connectivity index (χ2n) is 5.05. The van der Waals surface area contributed by atoms with E-state index in [1.54, 1.807) is 12.4 Å². The third-order valence-electron chi connectivity index (χ3n) is 2.90. The number of pyridine rings is 1. The summed E-state index contributed by atoms with van der Waals surface area (Å²) in [5.41, 5.74) is 7.25. The van der Waals surface area contributed by atoms with Crippen LogP contribution in [-0.4, -0.2) is 21.3 Å². The van der Waals surface area contributed by atoms with Gasteiger partial charge in [0.05, 0.1) is 6.04 Å². The Morgan fingerprint density at radius 3 is 2.76 bits per heavy atom. The van der Waals surface area contributed by atoms with Crippen molar-refractivity contribution in [3.63, 3.8) is 0 Å². The fraction of sp³-hybridized carbons (Fsp3) is 0.357. The minimum atomic E-state index is -0.211. The molecule has 0 aromatic carbocycles. The Kier molecular flexibility index (Phi) is 4.74. The van der Waals surface area contributed by atoms with Gasteiger partial charge < -0.3 is 16.4 Å². The zero-order chi connectivity index (χ0) is 15.4. The normalized spacial score (nSPS) is 12.2. The Bertz CT molecular complexity index is 611. The first-order valence-corrected chi connectivity index (χ1v) is 7.48. The molecule has 0 saturated heterocycles. The number of carbonyl (C=O) groups excluding carboxylic acids is 1. The number of nitrogens with two attached hydrogens (primary N) is 1. The molecule has 2 aromatic rings. The highest BCUT2D eigenvalue weighted by atomic mass is 32.1. The van der Waals surface area contributed by atoms with Gasteiger partial charge in [-0.15, -0.1) is 0 Å². The molecule has 0 fully saturated rings. The van der Waals surface area contributed by atoms with Gasteiger partial charge in [0.1, 0.15) is 10.6 Å². The summed E-state index contributed by atoms with van der Waals surface area (Å²) in [5.74, 6) is 0.0381. The van der Waals surface area contributed by atoms with E-state index in [9.17, 15) is 4.79 Å². The first-order chi connectivity index (χ1) is 9.99. The summed E-state index contributed by atoms with van der Waals surface area (Å²) in [6.07, 6.45) is 3.51. The lowest BCUT2D eigenvalue weighted by molar-refractivity contribution is 0.0945. The van der Waals surface area contributed by atoms with Crippen molar-refractivity contribution in [1.29, 1.82) is 0 Å². The summed E-state index contributed by atoms with van der Waals surface area (Å²) >= 11 is 1.19. The van der Waals surface area contributed by atoms with Crippen LogP contribution in [0.15, 0.2) is 24.5 Å². The Hall–Kier alpha value is -2.15. The molecule has 0 saturated carbocycles. The van der Waals surface area contributed by atoms with Crippen molar-refractivity contribution < 1.29 is 4.79 Å². The van der Waals surface area contributed by atoms with Crippen LogP contribution in [0.3, 0.4) is 0 Å². The number of nitrogens with zero attached hydrogens (tertiary/aromatic N) is 2. The number of nitrogens with one attached hydrogen (secondary N) is 2. The van der Waals surface area contributed by atoms with E-state index in [-0.39, 0.29) is 23.8 Å². The van der Waals surface area contributed by atoms with Gasteiger partial charge in [-0.3, -0.25) is 9.78 Å². The molecule has 1 amide bonds. The molecular formula is C14H19N5OS. The zero-order valence-electron chi connectivity index (χ0n) is 12.3. The summed E-state index contributed by atoms with van der Waals surface area (Å²) < 4.78 is 4.07. The van der Waals surface area contributed by atoms with Crippen LogP contribution in [0.2, 0.25) is 0 Å². The van der Waals surface area contributed by atoms with Crippen molar-refractivity contribution in [3.05, 3.63) is 35.7 Å². The van der Waals surface area contributed by atoms with Gasteiger partial charge in [-0.1, -0.05) is 6.07 Å². The van der Waals surface area contributed by atoms with Crippen LogP contribution >= 0.6 is 11.5 Å². The van der Waals surface area contributed by atoms with Crippen LogP contribution in [0.25, 0.3) is 0 Å². The van der Waals surface area contributed by atoms with Crippen LogP contribution in [0, 0.1) is 0 Å². The molecule has 0 spiro atoms. The van der Waals surface area contributed by atoms with Crippen LogP contribution in [0.1, 0.15) is 42.7 Å². The summed E-state index contributed by atoms with van der Waals surface area (Å²) in [6.45, 7) is 5.80. The van der Waals surface area contributed by atoms with Gasteiger partial charge in [0, 0.05) is 18.4 Å². The smallest absolute Gasteiger partial charge is 0.258 e.